The molecule has 3 aliphatic heterocycles. The molecule has 3 aliphatic rings. The predicted molar refractivity (Wildman–Crippen MR) is 216 cm³/mol. The number of ether oxygens (including phenoxy) is 5. The normalized spacial score (nSPS) is 30.6. The number of hydrogen-bond acceptors (Lipinski definition) is 19. The number of nitrogens with two attached hydrogens (primary N) is 1. The lowest BCUT2D eigenvalue weighted by Crippen LogP contribution is -2.36. The Morgan fingerprint density at radius 3 is 2.29 bits per heavy atom. The maximum absolute atomic E-state index is 16.5. The van der Waals surface area contributed by atoms with Gasteiger partial charge in [0.25, 0.3) is 5.56 Å². The van der Waals surface area contributed by atoms with E-state index in [4.69, 9.17) is 43.0 Å². The third kappa shape index (κ3) is 11.0. The number of nitrogens with zero attached hydrogens (tertiary/aromatic N) is 7. The largest absolute Gasteiger partial charge is 0.509 e. The summed E-state index contributed by atoms with van der Waals surface area (Å²) in [5.41, 5.74) is 5.31. The van der Waals surface area contributed by atoms with Crippen molar-refractivity contribution in [2.45, 2.75) is 120 Å². The highest BCUT2D eigenvalue weighted by Crippen LogP contribution is 2.64. The number of nitrogens with one attached hydrogen (secondary N) is 1. The van der Waals surface area contributed by atoms with Gasteiger partial charge in [0, 0.05) is 11.4 Å². The zero-order valence-corrected chi connectivity index (χ0v) is 36.3. The van der Waals surface area contributed by atoms with Crippen molar-refractivity contribution in [2.24, 2.45) is 0 Å². The number of anilines is 1. The van der Waals surface area contributed by atoms with Crippen molar-refractivity contribution in [1.29, 1.82) is 0 Å². The average molecular weight is 936 g/mol. The van der Waals surface area contributed by atoms with Crippen LogP contribution in [0.4, 0.5) is 19.4 Å². The molecule has 3 fully saturated rings. The molecule has 0 amide bonds. The number of hydrogen-bond donors (Lipinski definition) is 3. The Morgan fingerprint density at radius 1 is 0.871 bits per heavy atom. The van der Waals surface area contributed by atoms with Crippen LogP contribution in [0.15, 0.2) is 30.1 Å². The Bertz CT molecular complexity index is 2290. The molecular formula is C35H49F2N9O13P2S. The first kappa shape index (κ1) is 46.4. The van der Waals surface area contributed by atoms with Gasteiger partial charge in [0.1, 0.15) is 42.6 Å². The van der Waals surface area contributed by atoms with Crippen molar-refractivity contribution >= 4 is 60.1 Å². The van der Waals surface area contributed by atoms with Crippen molar-refractivity contribution in [3.05, 3.63) is 35.7 Å². The number of carbonyl (C=O) groups excluding carboxylic acids is 1. The topological polar surface area (TPSA) is 278 Å². The second-order valence-corrected chi connectivity index (χ2v) is 20.6. The summed E-state index contributed by atoms with van der Waals surface area (Å²) in [6.07, 6.45) is -0.810. The maximum atomic E-state index is 16.5. The number of imidazole rings is 2. The molecule has 7 rings (SSSR count). The molecule has 0 radical (unpaired) electrons. The van der Waals surface area contributed by atoms with E-state index in [-0.39, 0.29) is 34.8 Å². The third-order valence-electron chi connectivity index (χ3n) is 10.5. The van der Waals surface area contributed by atoms with Gasteiger partial charge in [0.05, 0.1) is 38.8 Å². The van der Waals surface area contributed by atoms with E-state index >= 15 is 8.78 Å². The fourth-order valence-corrected chi connectivity index (χ4v) is 10.8. The van der Waals surface area contributed by atoms with Crippen LogP contribution >= 0.6 is 25.8 Å². The molecular weight excluding hydrogens is 886 g/mol. The van der Waals surface area contributed by atoms with Crippen molar-refractivity contribution in [3.63, 3.8) is 0 Å². The lowest BCUT2D eigenvalue weighted by molar-refractivity contribution is -0.0551. The first-order valence-electron chi connectivity index (χ1n) is 20.3. The number of aromatic nitrogens is 8. The highest BCUT2D eigenvalue weighted by Gasteiger charge is 2.54. The van der Waals surface area contributed by atoms with Crippen LogP contribution in [0.25, 0.3) is 22.3 Å². The molecule has 10 atom stereocenters. The first-order valence-corrected chi connectivity index (χ1v) is 25.1. The van der Waals surface area contributed by atoms with Crippen LogP contribution in [0.1, 0.15) is 83.6 Å². The lowest BCUT2D eigenvalue weighted by Gasteiger charge is -2.27. The van der Waals surface area contributed by atoms with Crippen LogP contribution in [-0.4, -0.2) is 119 Å². The zero-order valence-electron chi connectivity index (χ0n) is 33.6. The van der Waals surface area contributed by atoms with Crippen molar-refractivity contribution in [2.75, 3.05) is 37.8 Å². The highest BCUT2D eigenvalue weighted by atomic mass is 32.7. The second-order valence-electron chi connectivity index (χ2n) is 14.8. The first-order chi connectivity index (χ1) is 29.9. The Labute approximate surface area is 357 Å². The number of nitrogen functional groups attached to an aromatic ring is 1. The minimum atomic E-state index is -4.75. The van der Waals surface area contributed by atoms with Gasteiger partial charge < -0.3 is 43.8 Å². The monoisotopic (exact) mass is 935 g/mol. The van der Waals surface area contributed by atoms with E-state index in [1.54, 1.807) is 0 Å². The number of carbonyl (C=O) groups is 1. The summed E-state index contributed by atoms with van der Waals surface area (Å²) in [7, 11) is -4.75. The fraction of sp³-hybridized carbons (Fsp3) is 0.686. The minimum Gasteiger partial charge on any atom is -0.434 e. The van der Waals surface area contributed by atoms with E-state index in [0.29, 0.717) is 17.8 Å². The average Bonchev–Trinajstić information content (AvgIpc) is 4.02. The van der Waals surface area contributed by atoms with Gasteiger partial charge in [0.15, 0.2) is 53.4 Å². The lowest BCUT2D eigenvalue weighted by atomic mass is 10.1. The number of unbranched alkanes of at least 4 members (excludes halogenated alkanes) is 9. The maximum Gasteiger partial charge on any atom is 0.509 e. The molecule has 22 nitrogen and oxygen atoms in total. The van der Waals surface area contributed by atoms with Crippen LogP contribution in [0.3, 0.4) is 0 Å². The number of alkyl halides is 2. The summed E-state index contributed by atoms with van der Waals surface area (Å²) in [4.78, 5) is 58.4. The van der Waals surface area contributed by atoms with Gasteiger partial charge in [-0.3, -0.25) is 27.5 Å². The SMILES string of the molecule is CCCCCCCCCCCCOC(=O)OCSP1(=O)OC[C@H]2O[C@@H](n3cnc4c(N)ncnc43)[C@H](F)[C@@H]2OCP(=O)(O)OC[C@H]2O[C@@H](n3cnc4c(=O)[nH]cnc43)[C@H](O1)[C@@H]2F. The van der Waals surface area contributed by atoms with E-state index in [2.05, 4.69) is 36.8 Å². The Morgan fingerprint density at radius 2 is 1.53 bits per heavy atom. The zero-order chi connectivity index (χ0) is 43.9. The van der Waals surface area contributed by atoms with Gasteiger partial charge in [-0.25, -0.2) is 43.1 Å². The number of H-pyrrole nitrogens is 1. The number of aromatic amines is 1. The molecule has 4 N–H and O–H groups in total. The van der Waals surface area contributed by atoms with Crippen LogP contribution in [0.5, 0.6) is 0 Å². The summed E-state index contributed by atoms with van der Waals surface area (Å²) < 4.78 is 108. The molecule has 0 aromatic carbocycles. The summed E-state index contributed by atoms with van der Waals surface area (Å²) in [5, 5.41) is 0. The van der Waals surface area contributed by atoms with E-state index < -0.39 is 101 Å². The molecule has 4 aromatic heterocycles. The Hall–Kier alpha value is -3.64. The van der Waals surface area contributed by atoms with E-state index in [1.807, 2.05) is 0 Å². The van der Waals surface area contributed by atoms with Crippen molar-refractivity contribution < 1.29 is 64.9 Å². The van der Waals surface area contributed by atoms with Gasteiger partial charge in [-0.05, 0) is 6.42 Å². The van der Waals surface area contributed by atoms with E-state index in [9.17, 15) is 23.6 Å². The van der Waals surface area contributed by atoms with Gasteiger partial charge in [-0.2, -0.15) is 0 Å². The Kier molecular flexibility index (Phi) is 15.6. The van der Waals surface area contributed by atoms with Gasteiger partial charge in [-0.15, -0.1) is 0 Å². The molecule has 7 heterocycles. The van der Waals surface area contributed by atoms with Crippen molar-refractivity contribution in [1.82, 2.24) is 39.0 Å². The second kappa shape index (κ2) is 20.9. The predicted octanol–water partition coefficient (Wildman–Crippen LogP) is 5.85. The fourth-order valence-electron chi connectivity index (χ4n) is 7.27. The highest BCUT2D eigenvalue weighted by molar-refractivity contribution is 8.55. The number of halogens is 2. The third-order valence-corrected chi connectivity index (χ3v) is 14.8. The Balaban J connectivity index is 1.08. The molecule has 4 aromatic rings. The van der Waals surface area contributed by atoms with Crippen LogP contribution in [-0.2, 0) is 46.4 Å². The van der Waals surface area contributed by atoms with Crippen LogP contribution in [0.2, 0.25) is 0 Å². The van der Waals surface area contributed by atoms with Crippen LogP contribution < -0.4 is 11.3 Å². The molecule has 0 aliphatic carbocycles. The molecule has 0 saturated carbocycles. The quantitative estimate of drug-likeness (QED) is 0.0514. The minimum absolute atomic E-state index is 0.00719. The summed E-state index contributed by atoms with van der Waals surface area (Å²) in [5.74, 6) is -0.663. The molecule has 342 valence electrons. The van der Waals surface area contributed by atoms with Gasteiger partial charge in [-0.1, -0.05) is 64.7 Å². The molecule has 2 unspecified atom stereocenters. The number of fused-ring (bicyclic) bond motifs is 5. The molecule has 27 heteroatoms. The smallest absolute Gasteiger partial charge is 0.434 e. The van der Waals surface area contributed by atoms with E-state index in [1.165, 1.54) is 43.0 Å². The standard InChI is InChI=1S/C35H49F2N9O13P2S/c1-2-3-4-5-6-7-8-9-10-11-12-52-35(48)54-20-62-61(51)56-14-22-27(24(37)33(58-22)45-17-43-25-29(38)39-15-40-30(25)45)53-19-60(49,50)55-13-21-23(36)28(59-61)34(57-21)46-18-44-26-31(46)41-16-42-32(26)47/h15-18,21-24,27-28,33-34H,2-14,19-20H2,1H3,(H,49,50)(H2,38,39,40)(H,41,42,47)/t21-,22-,23-,24-,27-,28-,33-,34-,61?/m1/s1. The molecule has 2 bridgehead atoms. The summed E-state index contributed by atoms with van der Waals surface area (Å²) in [6, 6.07) is 0. The summed E-state index contributed by atoms with van der Waals surface area (Å²) >= 11 is 0.348. The van der Waals surface area contributed by atoms with Gasteiger partial charge in [0.2, 0.25) is 0 Å². The molecule has 0 spiro atoms. The van der Waals surface area contributed by atoms with E-state index in [0.717, 1.165) is 49.2 Å². The molecule has 62 heavy (non-hydrogen) atoms. The summed E-state index contributed by atoms with van der Waals surface area (Å²) in [6.45, 7) is -4.10. The van der Waals surface area contributed by atoms with Crippen LogP contribution in [0, 0.1) is 0 Å². The molecule has 3 saturated heterocycles. The van der Waals surface area contributed by atoms with Gasteiger partial charge >= 0.3 is 20.5 Å². The number of rotatable bonds is 16. The van der Waals surface area contributed by atoms with Crippen molar-refractivity contribution in [3.8, 4) is 0 Å².